The van der Waals surface area contributed by atoms with E-state index in [1.165, 1.54) is 19.0 Å². The molecule has 0 spiro atoms. The minimum atomic E-state index is -0.253. The van der Waals surface area contributed by atoms with Crippen LogP contribution in [-0.2, 0) is 6.54 Å². The molecule has 106 valence electrons. The number of hydrogen-bond acceptors (Lipinski definition) is 3. The van der Waals surface area contributed by atoms with Gasteiger partial charge in [0.15, 0.2) is 0 Å². The first kappa shape index (κ1) is 14.3. The lowest BCUT2D eigenvalue weighted by Crippen LogP contribution is -2.30. The van der Waals surface area contributed by atoms with Crippen LogP contribution in [-0.4, -0.2) is 24.1 Å². The third-order valence-corrected chi connectivity index (χ3v) is 3.33. The number of nitrogens with one attached hydrogen (secondary N) is 1. The molecule has 1 aromatic rings. The summed E-state index contributed by atoms with van der Waals surface area (Å²) in [7, 11) is 0. The Morgan fingerprint density at radius 1 is 1.47 bits per heavy atom. The van der Waals surface area contributed by atoms with Crippen molar-refractivity contribution in [2.45, 2.75) is 46.2 Å². The van der Waals surface area contributed by atoms with E-state index in [4.69, 9.17) is 0 Å². The highest BCUT2D eigenvalue weighted by Gasteiger charge is 2.21. The van der Waals surface area contributed by atoms with Gasteiger partial charge < -0.3 is 10.2 Å². The Bertz CT molecular complexity index is 416. The van der Waals surface area contributed by atoms with E-state index in [0.717, 1.165) is 24.5 Å². The molecule has 1 N–H and O–H groups in total. The number of nitrogens with zero attached hydrogens (tertiary/aromatic N) is 2. The van der Waals surface area contributed by atoms with Crippen LogP contribution in [0.4, 0.5) is 10.2 Å². The highest BCUT2D eigenvalue weighted by molar-refractivity contribution is 5.47. The van der Waals surface area contributed by atoms with Crippen LogP contribution < -0.4 is 10.2 Å². The molecule has 2 rings (SSSR count). The number of rotatable bonds is 7. The van der Waals surface area contributed by atoms with Crippen molar-refractivity contribution in [3.63, 3.8) is 0 Å². The second-order valence-corrected chi connectivity index (χ2v) is 5.72. The van der Waals surface area contributed by atoms with Gasteiger partial charge in [0.1, 0.15) is 11.6 Å². The smallest absolute Gasteiger partial charge is 0.141 e. The standard InChI is InChI=1S/C15H24FN3/c1-4-19(10-11(2)3)15-12(7-13(16)9-18-15)8-17-14-5-6-14/h7,9,11,14,17H,4-6,8,10H2,1-3H3. The fraction of sp³-hybridized carbons (Fsp3) is 0.667. The lowest BCUT2D eigenvalue weighted by atomic mass is 10.1. The molecule has 1 saturated carbocycles. The Morgan fingerprint density at radius 3 is 2.79 bits per heavy atom. The van der Waals surface area contributed by atoms with Crippen molar-refractivity contribution in [3.05, 3.63) is 23.6 Å². The summed E-state index contributed by atoms with van der Waals surface area (Å²) < 4.78 is 13.4. The van der Waals surface area contributed by atoms with Crippen molar-refractivity contribution in [2.24, 2.45) is 5.92 Å². The summed E-state index contributed by atoms with van der Waals surface area (Å²) in [5.74, 6) is 1.23. The zero-order valence-corrected chi connectivity index (χ0v) is 12.1. The Kier molecular flexibility index (Phi) is 4.75. The normalized spacial score (nSPS) is 15.0. The van der Waals surface area contributed by atoms with Crippen molar-refractivity contribution >= 4 is 5.82 Å². The highest BCUT2D eigenvalue weighted by atomic mass is 19.1. The van der Waals surface area contributed by atoms with E-state index in [2.05, 4.69) is 36.0 Å². The average molecular weight is 265 g/mol. The summed E-state index contributed by atoms with van der Waals surface area (Å²) in [5.41, 5.74) is 0.967. The van der Waals surface area contributed by atoms with Gasteiger partial charge in [-0.3, -0.25) is 0 Å². The summed E-state index contributed by atoms with van der Waals surface area (Å²) in [6, 6.07) is 2.23. The van der Waals surface area contributed by atoms with Crippen LogP contribution in [0.15, 0.2) is 12.3 Å². The Hall–Kier alpha value is -1.16. The molecular formula is C15H24FN3. The summed E-state index contributed by atoms with van der Waals surface area (Å²) in [4.78, 5) is 6.54. The average Bonchev–Trinajstić information content (AvgIpc) is 3.18. The molecule has 0 saturated heterocycles. The number of hydrogen-bond donors (Lipinski definition) is 1. The van der Waals surface area contributed by atoms with Crippen molar-refractivity contribution in [3.8, 4) is 0 Å². The number of pyridine rings is 1. The minimum absolute atomic E-state index is 0.253. The maximum absolute atomic E-state index is 13.4. The zero-order valence-electron chi connectivity index (χ0n) is 12.1. The van der Waals surface area contributed by atoms with Gasteiger partial charge in [-0.15, -0.1) is 0 Å². The first-order valence-corrected chi connectivity index (χ1v) is 7.23. The van der Waals surface area contributed by atoms with Gasteiger partial charge in [0, 0.05) is 31.2 Å². The van der Waals surface area contributed by atoms with E-state index in [9.17, 15) is 4.39 Å². The molecule has 1 aliphatic rings. The molecule has 1 aliphatic carbocycles. The summed E-state index contributed by atoms with van der Waals surface area (Å²) in [6.45, 7) is 9.05. The monoisotopic (exact) mass is 265 g/mol. The predicted octanol–water partition coefficient (Wildman–Crippen LogP) is 2.96. The molecule has 0 aromatic carbocycles. The Balaban J connectivity index is 2.15. The molecule has 0 unspecified atom stereocenters. The van der Waals surface area contributed by atoms with E-state index in [-0.39, 0.29) is 5.82 Å². The molecule has 0 bridgehead atoms. The third kappa shape index (κ3) is 4.16. The summed E-state index contributed by atoms with van der Waals surface area (Å²) in [5, 5.41) is 3.44. The lowest BCUT2D eigenvalue weighted by Gasteiger charge is -2.26. The van der Waals surface area contributed by atoms with Gasteiger partial charge in [0.05, 0.1) is 6.20 Å². The van der Waals surface area contributed by atoms with Gasteiger partial charge in [-0.05, 0) is 31.7 Å². The second-order valence-electron chi connectivity index (χ2n) is 5.72. The van der Waals surface area contributed by atoms with Crippen LogP contribution in [0.25, 0.3) is 0 Å². The molecular weight excluding hydrogens is 241 g/mol. The number of halogens is 1. The molecule has 19 heavy (non-hydrogen) atoms. The Labute approximate surface area is 115 Å². The molecule has 0 aliphatic heterocycles. The summed E-state index contributed by atoms with van der Waals surface area (Å²) in [6.07, 6.45) is 3.79. The van der Waals surface area contributed by atoms with Crippen molar-refractivity contribution in [1.29, 1.82) is 0 Å². The van der Waals surface area contributed by atoms with E-state index in [1.807, 2.05) is 0 Å². The van der Waals surface area contributed by atoms with Gasteiger partial charge in [0.25, 0.3) is 0 Å². The van der Waals surface area contributed by atoms with E-state index < -0.39 is 0 Å². The van der Waals surface area contributed by atoms with Gasteiger partial charge in [0.2, 0.25) is 0 Å². The molecule has 1 heterocycles. The largest absolute Gasteiger partial charge is 0.356 e. The fourth-order valence-corrected chi connectivity index (χ4v) is 2.24. The molecule has 4 heteroatoms. The quantitative estimate of drug-likeness (QED) is 0.821. The topological polar surface area (TPSA) is 28.2 Å². The number of aromatic nitrogens is 1. The van der Waals surface area contributed by atoms with Crippen LogP contribution >= 0.6 is 0 Å². The van der Waals surface area contributed by atoms with Crippen molar-refractivity contribution in [2.75, 3.05) is 18.0 Å². The highest BCUT2D eigenvalue weighted by Crippen LogP contribution is 2.23. The van der Waals surface area contributed by atoms with Crippen LogP contribution in [0.3, 0.4) is 0 Å². The third-order valence-electron chi connectivity index (χ3n) is 3.33. The van der Waals surface area contributed by atoms with Crippen molar-refractivity contribution < 1.29 is 4.39 Å². The predicted molar refractivity (Wildman–Crippen MR) is 76.8 cm³/mol. The molecule has 1 aromatic heterocycles. The van der Waals surface area contributed by atoms with E-state index in [1.54, 1.807) is 6.07 Å². The van der Waals surface area contributed by atoms with Gasteiger partial charge in [-0.25, -0.2) is 9.37 Å². The molecule has 3 nitrogen and oxygen atoms in total. The van der Waals surface area contributed by atoms with E-state index in [0.29, 0.717) is 18.5 Å². The summed E-state index contributed by atoms with van der Waals surface area (Å²) >= 11 is 0. The van der Waals surface area contributed by atoms with Gasteiger partial charge in [-0.2, -0.15) is 0 Å². The van der Waals surface area contributed by atoms with Crippen LogP contribution in [0, 0.1) is 11.7 Å². The van der Waals surface area contributed by atoms with Crippen LogP contribution in [0.2, 0.25) is 0 Å². The van der Waals surface area contributed by atoms with Crippen LogP contribution in [0.1, 0.15) is 39.2 Å². The fourth-order valence-electron chi connectivity index (χ4n) is 2.24. The van der Waals surface area contributed by atoms with E-state index >= 15 is 0 Å². The first-order chi connectivity index (χ1) is 9.10. The molecule has 0 amide bonds. The number of anilines is 1. The minimum Gasteiger partial charge on any atom is -0.356 e. The molecule has 1 fully saturated rings. The first-order valence-electron chi connectivity index (χ1n) is 7.23. The molecule has 0 atom stereocenters. The zero-order chi connectivity index (χ0) is 13.8. The SMILES string of the molecule is CCN(CC(C)C)c1ncc(F)cc1CNC1CC1. The van der Waals surface area contributed by atoms with Gasteiger partial charge in [-0.1, -0.05) is 13.8 Å². The lowest BCUT2D eigenvalue weighted by molar-refractivity contribution is 0.593. The molecule has 0 radical (unpaired) electrons. The van der Waals surface area contributed by atoms with Crippen LogP contribution in [0.5, 0.6) is 0 Å². The van der Waals surface area contributed by atoms with Crippen molar-refractivity contribution in [1.82, 2.24) is 10.3 Å². The van der Waals surface area contributed by atoms with Gasteiger partial charge >= 0.3 is 0 Å². The second kappa shape index (κ2) is 6.33. The Morgan fingerprint density at radius 2 is 2.21 bits per heavy atom. The maximum atomic E-state index is 13.4. The maximum Gasteiger partial charge on any atom is 0.141 e.